The lowest BCUT2D eigenvalue weighted by molar-refractivity contribution is -0.126. The summed E-state index contributed by atoms with van der Waals surface area (Å²) in [5.74, 6) is 0.0156. The van der Waals surface area contributed by atoms with Crippen LogP contribution in [0.1, 0.15) is 25.0 Å². The largest absolute Gasteiger partial charge is 0.360 e. The van der Waals surface area contributed by atoms with Gasteiger partial charge in [0.1, 0.15) is 17.7 Å². The SMILES string of the molecule is CC1(C)C(=O)NCc2cc(NC=C(C#N)C#N)ccc21. The van der Waals surface area contributed by atoms with Gasteiger partial charge in [0.05, 0.1) is 5.41 Å². The van der Waals surface area contributed by atoms with Crippen LogP contribution in [0.4, 0.5) is 5.69 Å². The van der Waals surface area contributed by atoms with E-state index < -0.39 is 5.41 Å². The van der Waals surface area contributed by atoms with Crippen molar-refractivity contribution in [3.63, 3.8) is 0 Å². The van der Waals surface area contributed by atoms with E-state index in [0.717, 1.165) is 16.8 Å². The maximum Gasteiger partial charge on any atom is 0.230 e. The summed E-state index contributed by atoms with van der Waals surface area (Å²) >= 11 is 0. The molecule has 1 aromatic rings. The molecule has 0 saturated heterocycles. The van der Waals surface area contributed by atoms with Gasteiger partial charge in [-0.1, -0.05) is 6.07 Å². The molecule has 0 spiro atoms. The van der Waals surface area contributed by atoms with Crippen LogP contribution < -0.4 is 10.6 Å². The van der Waals surface area contributed by atoms with Crippen molar-refractivity contribution in [2.75, 3.05) is 5.32 Å². The number of hydrogen-bond acceptors (Lipinski definition) is 4. The van der Waals surface area contributed by atoms with Gasteiger partial charge in [0.15, 0.2) is 0 Å². The number of allylic oxidation sites excluding steroid dienone is 1. The van der Waals surface area contributed by atoms with Gasteiger partial charge < -0.3 is 10.6 Å². The fourth-order valence-corrected chi connectivity index (χ4v) is 2.20. The number of rotatable bonds is 2. The van der Waals surface area contributed by atoms with Gasteiger partial charge in [-0.25, -0.2) is 0 Å². The van der Waals surface area contributed by atoms with Crippen LogP contribution >= 0.6 is 0 Å². The predicted molar refractivity (Wildman–Crippen MR) is 74.2 cm³/mol. The molecule has 1 aliphatic rings. The summed E-state index contributed by atoms with van der Waals surface area (Å²) < 4.78 is 0. The molecule has 1 aliphatic heterocycles. The lowest BCUT2D eigenvalue weighted by atomic mass is 9.78. The summed E-state index contributed by atoms with van der Waals surface area (Å²) in [6, 6.07) is 9.22. The third kappa shape index (κ3) is 2.34. The van der Waals surface area contributed by atoms with Crippen LogP contribution in [-0.4, -0.2) is 5.91 Å². The Balaban J connectivity index is 2.31. The van der Waals surface area contributed by atoms with Crippen molar-refractivity contribution in [3.05, 3.63) is 41.1 Å². The fourth-order valence-electron chi connectivity index (χ4n) is 2.20. The van der Waals surface area contributed by atoms with E-state index in [0.29, 0.717) is 6.54 Å². The van der Waals surface area contributed by atoms with Gasteiger partial charge in [-0.3, -0.25) is 4.79 Å². The zero-order valence-electron chi connectivity index (χ0n) is 11.3. The van der Waals surface area contributed by atoms with Crippen LogP contribution in [0.3, 0.4) is 0 Å². The Kier molecular flexibility index (Phi) is 3.45. The molecule has 2 N–H and O–H groups in total. The molecule has 100 valence electrons. The van der Waals surface area contributed by atoms with E-state index in [2.05, 4.69) is 10.6 Å². The van der Waals surface area contributed by atoms with Crippen molar-refractivity contribution >= 4 is 11.6 Å². The third-order valence-electron chi connectivity index (χ3n) is 3.41. The lowest BCUT2D eigenvalue weighted by Crippen LogP contribution is -2.44. The van der Waals surface area contributed by atoms with Crippen LogP contribution in [0, 0.1) is 22.7 Å². The first kappa shape index (κ1) is 13.6. The summed E-state index contributed by atoms with van der Waals surface area (Å²) in [6.45, 7) is 4.26. The van der Waals surface area contributed by atoms with E-state index in [-0.39, 0.29) is 11.5 Å². The van der Waals surface area contributed by atoms with Crippen LogP contribution in [0.25, 0.3) is 0 Å². The zero-order valence-corrected chi connectivity index (χ0v) is 11.3. The molecule has 0 aliphatic carbocycles. The molecule has 0 bridgehead atoms. The van der Waals surface area contributed by atoms with Crippen LogP contribution in [0.5, 0.6) is 0 Å². The van der Waals surface area contributed by atoms with Gasteiger partial charge in [-0.2, -0.15) is 10.5 Å². The minimum absolute atomic E-state index is 0.0105. The van der Waals surface area contributed by atoms with Crippen molar-refractivity contribution in [3.8, 4) is 12.1 Å². The summed E-state index contributed by atoms with van der Waals surface area (Å²) in [7, 11) is 0. The highest BCUT2D eigenvalue weighted by molar-refractivity contribution is 5.89. The second-order valence-electron chi connectivity index (χ2n) is 5.11. The minimum atomic E-state index is -0.549. The number of nitrogens with one attached hydrogen (secondary N) is 2. The van der Waals surface area contributed by atoms with E-state index in [1.165, 1.54) is 6.20 Å². The van der Waals surface area contributed by atoms with E-state index in [1.54, 1.807) is 12.1 Å². The van der Waals surface area contributed by atoms with Gasteiger partial charge in [0.2, 0.25) is 5.91 Å². The van der Waals surface area contributed by atoms with E-state index in [1.807, 2.05) is 32.0 Å². The first-order chi connectivity index (χ1) is 9.48. The third-order valence-corrected chi connectivity index (χ3v) is 3.41. The minimum Gasteiger partial charge on any atom is -0.360 e. The molecule has 0 aromatic heterocycles. The Bertz CT molecular complexity index is 658. The predicted octanol–water partition coefficient (Wildman–Crippen LogP) is 1.94. The van der Waals surface area contributed by atoms with Gasteiger partial charge in [-0.05, 0) is 37.1 Å². The number of nitrogens with zero attached hydrogens (tertiary/aromatic N) is 2. The molecule has 1 aromatic carbocycles. The molecule has 0 atom stereocenters. The number of amides is 1. The molecule has 2 rings (SSSR count). The van der Waals surface area contributed by atoms with Gasteiger partial charge in [-0.15, -0.1) is 0 Å². The quantitative estimate of drug-likeness (QED) is 0.800. The van der Waals surface area contributed by atoms with Crippen LogP contribution in [-0.2, 0) is 16.8 Å². The highest BCUT2D eigenvalue weighted by atomic mass is 16.2. The Morgan fingerprint density at radius 3 is 2.75 bits per heavy atom. The van der Waals surface area contributed by atoms with Crippen molar-refractivity contribution < 1.29 is 4.79 Å². The summed E-state index contributed by atoms with van der Waals surface area (Å²) in [6.07, 6.45) is 1.37. The average molecular weight is 266 g/mol. The van der Waals surface area contributed by atoms with Gasteiger partial charge >= 0.3 is 0 Å². The second kappa shape index (κ2) is 5.07. The highest BCUT2D eigenvalue weighted by Gasteiger charge is 2.35. The average Bonchev–Trinajstić information content (AvgIpc) is 2.44. The Morgan fingerprint density at radius 1 is 1.40 bits per heavy atom. The van der Waals surface area contributed by atoms with Gasteiger partial charge in [0.25, 0.3) is 0 Å². The molecule has 5 heteroatoms. The molecular weight excluding hydrogens is 252 g/mol. The second-order valence-corrected chi connectivity index (χ2v) is 5.11. The fraction of sp³-hybridized carbons (Fsp3) is 0.267. The van der Waals surface area contributed by atoms with E-state index >= 15 is 0 Å². The molecule has 1 heterocycles. The van der Waals surface area contributed by atoms with Crippen molar-refractivity contribution in [2.45, 2.75) is 25.8 Å². The number of carbonyl (C=O) groups excluding carboxylic acids is 1. The van der Waals surface area contributed by atoms with E-state index in [9.17, 15) is 4.79 Å². The van der Waals surface area contributed by atoms with Crippen molar-refractivity contribution in [2.24, 2.45) is 0 Å². The first-order valence-electron chi connectivity index (χ1n) is 6.17. The summed E-state index contributed by atoms with van der Waals surface area (Å²) in [4.78, 5) is 11.8. The number of hydrogen-bond donors (Lipinski definition) is 2. The molecule has 0 unspecified atom stereocenters. The first-order valence-corrected chi connectivity index (χ1v) is 6.17. The Morgan fingerprint density at radius 2 is 2.10 bits per heavy atom. The molecule has 5 nitrogen and oxygen atoms in total. The maximum absolute atomic E-state index is 11.8. The van der Waals surface area contributed by atoms with Gasteiger partial charge in [0, 0.05) is 18.4 Å². The number of benzene rings is 1. The molecule has 0 radical (unpaired) electrons. The number of carbonyl (C=O) groups is 1. The lowest BCUT2D eigenvalue weighted by Gasteiger charge is -2.31. The molecular formula is C15H14N4O. The summed E-state index contributed by atoms with van der Waals surface area (Å²) in [5, 5.41) is 23.1. The van der Waals surface area contributed by atoms with Crippen molar-refractivity contribution in [1.82, 2.24) is 5.32 Å². The van der Waals surface area contributed by atoms with Crippen LogP contribution in [0.2, 0.25) is 0 Å². The van der Waals surface area contributed by atoms with Crippen LogP contribution in [0.15, 0.2) is 30.0 Å². The molecule has 0 fully saturated rings. The standard InChI is InChI=1S/C15H14N4O/c1-15(2)13-4-3-12(18-8-10(6-16)7-17)5-11(13)9-19-14(15)20/h3-5,8,18H,9H2,1-2H3,(H,19,20). The maximum atomic E-state index is 11.8. The van der Waals surface area contributed by atoms with E-state index in [4.69, 9.17) is 10.5 Å². The summed E-state index contributed by atoms with van der Waals surface area (Å²) in [5.41, 5.74) is 2.27. The number of nitriles is 2. The number of anilines is 1. The smallest absolute Gasteiger partial charge is 0.230 e. The monoisotopic (exact) mass is 266 g/mol. The Labute approximate surface area is 117 Å². The normalized spacial score (nSPS) is 15.1. The Hall–Kier alpha value is -2.79. The molecule has 1 amide bonds. The zero-order chi connectivity index (χ0) is 14.8. The molecule has 0 saturated carbocycles. The topological polar surface area (TPSA) is 88.7 Å². The molecule has 20 heavy (non-hydrogen) atoms. The number of fused-ring (bicyclic) bond motifs is 1. The van der Waals surface area contributed by atoms with Crippen molar-refractivity contribution in [1.29, 1.82) is 10.5 Å². The highest BCUT2D eigenvalue weighted by Crippen LogP contribution is 2.32.